The van der Waals surface area contributed by atoms with Crippen LogP contribution in [0.2, 0.25) is 0 Å². The van der Waals surface area contributed by atoms with Gasteiger partial charge in [-0.3, -0.25) is 34.5 Å². The number of hydrogen-bond acceptors (Lipinski definition) is 0. The van der Waals surface area contributed by atoms with E-state index >= 15 is 0 Å². The summed E-state index contributed by atoms with van der Waals surface area (Å²) in [5.41, 5.74) is 7.26. The van der Waals surface area contributed by atoms with Crippen molar-refractivity contribution < 1.29 is 0 Å². The van der Waals surface area contributed by atoms with Gasteiger partial charge in [0, 0.05) is 72.0 Å². The number of aromatic nitrogens is 6. The van der Waals surface area contributed by atoms with Crippen LogP contribution in [0.25, 0.3) is 17.1 Å². The summed E-state index contributed by atoms with van der Waals surface area (Å²) in [4.78, 5) is 0. The Bertz CT molecular complexity index is 1710. The maximum atomic E-state index is 4.46. The first-order valence-electron chi connectivity index (χ1n) is 16.3. The van der Waals surface area contributed by atoms with E-state index in [9.17, 15) is 0 Å². The van der Waals surface area contributed by atoms with Gasteiger partial charge < -0.3 is 0 Å². The van der Waals surface area contributed by atoms with Crippen LogP contribution in [0.15, 0.2) is 110 Å². The minimum atomic E-state index is 0.496. The monoisotopic (exact) mass is 610 g/mol. The number of para-hydroxylation sites is 3. The third-order valence-electron chi connectivity index (χ3n) is 9.48. The Labute approximate surface area is 274 Å². The number of benzene rings is 3. The van der Waals surface area contributed by atoms with Crippen molar-refractivity contribution in [3.63, 3.8) is 0 Å². The zero-order valence-electron chi connectivity index (χ0n) is 27.5. The molecule has 0 unspecified atom stereocenters. The largest absolute Gasteiger partial charge is 0.294 e. The van der Waals surface area contributed by atoms with Crippen LogP contribution in [-0.2, 0) is 19.6 Å². The smallest absolute Gasteiger partial charge is 0.143 e. The van der Waals surface area contributed by atoms with Crippen LogP contribution in [0.3, 0.4) is 0 Å². The van der Waals surface area contributed by atoms with Gasteiger partial charge in [0.1, 0.15) is 54.2 Å². The zero-order valence-corrected chi connectivity index (χ0v) is 27.5. The van der Waals surface area contributed by atoms with Crippen molar-refractivity contribution in [3.05, 3.63) is 165 Å². The molecule has 0 radical (unpaired) electrons. The summed E-state index contributed by atoms with van der Waals surface area (Å²) in [6.45, 7) is 22.6. The number of hydrogen-bond donors (Lipinski definition) is 0. The van der Waals surface area contributed by atoms with Crippen molar-refractivity contribution in [2.75, 3.05) is 0 Å². The molecule has 0 atom stereocenters. The van der Waals surface area contributed by atoms with Gasteiger partial charge in [-0.15, -0.1) is 0 Å². The second-order valence-electron chi connectivity index (χ2n) is 12.4. The number of rotatable bonds is 12. The topological polar surface area (TPSA) is 29.6 Å². The van der Waals surface area contributed by atoms with Gasteiger partial charge in [0.2, 0.25) is 0 Å². The van der Waals surface area contributed by atoms with E-state index in [4.69, 9.17) is 0 Å². The fourth-order valence-electron chi connectivity index (χ4n) is 6.54. The van der Waals surface area contributed by atoms with E-state index in [0.29, 0.717) is 5.92 Å². The van der Waals surface area contributed by atoms with Crippen LogP contribution in [0.1, 0.15) is 53.4 Å². The van der Waals surface area contributed by atoms with Crippen LogP contribution >= 0.6 is 0 Å². The van der Waals surface area contributed by atoms with Crippen molar-refractivity contribution in [3.8, 4) is 17.1 Å². The molecule has 46 heavy (non-hydrogen) atoms. The Morgan fingerprint density at radius 2 is 0.739 bits per heavy atom. The van der Waals surface area contributed by atoms with E-state index in [-0.39, 0.29) is 0 Å². The molecule has 3 heterocycles. The van der Waals surface area contributed by atoms with Crippen molar-refractivity contribution >= 4 is 0 Å². The summed E-state index contributed by atoms with van der Waals surface area (Å²) >= 11 is 0. The molecule has 6 rings (SSSR count). The molecule has 0 fully saturated rings. The highest BCUT2D eigenvalue weighted by Gasteiger charge is 2.18. The molecule has 3 aromatic carbocycles. The van der Waals surface area contributed by atoms with Gasteiger partial charge >= 0.3 is 0 Å². The Hall–Kier alpha value is -5.10. The highest BCUT2D eigenvalue weighted by atomic mass is 15.2. The molecule has 0 N–H and O–H groups in total. The first-order chi connectivity index (χ1) is 22.3. The van der Waals surface area contributed by atoms with Crippen molar-refractivity contribution in [1.29, 1.82) is 0 Å². The molecule has 3 aromatic heterocycles. The Morgan fingerprint density at radius 3 is 1.02 bits per heavy atom. The molecule has 0 amide bonds. The molecule has 236 valence electrons. The summed E-state index contributed by atoms with van der Waals surface area (Å²) in [7, 11) is 0. The first-order valence-corrected chi connectivity index (χ1v) is 16.3. The lowest BCUT2D eigenvalue weighted by atomic mass is 9.97. The van der Waals surface area contributed by atoms with Crippen molar-refractivity contribution in [1.82, 2.24) is 27.4 Å². The average Bonchev–Trinajstić information content (AvgIpc) is 3.73. The van der Waals surface area contributed by atoms with E-state index in [0.717, 1.165) is 56.4 Å². The van der Waals surface area contributed by atoms with Gasteiger partial charge in [0.25, 0.3) is 0 Å². The third kappa shape index (κ3) is 6.34. The minimum Gasteiger partial charge on any atom is -0.294 e. The predicted octanol–water partition coefficient (Wildman–Crippen LogP) is 8.97. The van der Waals surface area contributed by atoms with Gasteiger partial charge in [-0.05, 0) is 64.2 Å². The fourth-order valence-corrected chi connectivity index (χ4v) is 6.54. The Kier molecular flexibility index (Phi) is 9.06. The molecule has 6 nitrogen and oxygen atoms in total. The SMILES string of the molecule is [CH2-][c+]1n(CCC(CCn2ccn(-c3ccccc3C)[c+]2[CH2-])CCn2ccn(-c3ccccc3C)[c+]2[CH2-])ccn1-c1ccccc1C. The van der Waals surface area contributed by atoms with E-state index in [1.54, 1.807) is 0 Å². The molecule has 0 spiro atoms. The molecule has 6 heteroatoms. The molecule has 6 aromatic rings. The first kappa shape index (κ1) is 30.9. The molecule has 0 saturated heterocycles. The average molecular weight is 611 g/mol. The van der Waals surface area contributed by atoms with E-state index in [1.807, 2.05) is 0 Å². The van der Waals surface area contributed by atoms with Crippen LogP contribution in [-0.4, -0.2) is 27.4 Å². The number of nitrogens with zero attached hydrogens (tertiary/aromatic N) is 6. The highest BCUT2D eigenvalue weighted by molar-refractivity contribution is 5.43. The van der Waals surface area contributed by atoms with Gasteiger partial charge in [-0.2, -0.15) is 0 Å². The molecule has 0 aliphatic rings. The lowest BCUT2D eigenvalue weighted by Crippen LogP contribution is -2.15. The standard InChI is InChI=1S/C40H46N6/c1-31-13-7-10-16-38(31)44-28-25-41(34(44)4)22-19-37(20-23-42-26-29-45(35(42)5)39-17-11-8-14-32(39)2)21-24-43-27-30-46(36(43)6)40-18-12-9-15-33(40)3/h7-18,25-30,37H,4-6,19-24H2,1-3H3. The summed E-state index contributed by atoms with van der Waals surface area (Å²) in [5.74, 6) is 3.50. The van der Waals surface area contributed by atoms with Crippen LogP contribution in [0.4, 0.5) is 0 Å². The van der Waals surface area contributed by atoms with E-state index < -0.39 is 0 Å². The van der Waals surface area contributed by atoms with E-state index in [2.05, 4.69) is 179 Å². The van der Waals surface area contributed by atoms with E-state index in [1.165, 1.54) is 33.8 Å². The van der Waals surface area contributed by atoms with Gasteiger partial charge in [-0.25, -0.2) is 13.7 Å². The quantitative estimate of drug-likeness (QED) is 0.124. The lowest BCUT2D eigenvalue weighted by molar-refractivity contribution is 0.350. The summed E-state index contributed by atoms with van der Waals surface area (Å²) < 4.78 is 13.5. The Morgan fingerprint density at radius 1 is 0.457 bits per heavy atom. The van der Waals surface area contributed by atoms with Gasteiger partial charge in [0.15, 0.2) is 0 Å². The van der Waals surface area contributed by atoms with Crippen LogP contribution in [0, 0.1) is 47.5 Å². The lowest BCUT2D eigenvalue weighted by Gasteiger charge is -2.19. The number of imidazole rings is 3. The summed E-state index contributed by atoms with van der Waals surface area (Å²) in [6.07, 6.45) is 16.1. The maximum Gasteiger partial charge on any atom is 0.143 e. The molecule has 0 bridgehead atoms. The highest BCUT2D eigenvalue weighted by Crippen LogP contribution is 2.24. The molecule has 0 saturated carbocycles. The molecule has 0 aliphatic heterocycles. The van der Waals surface area contributed by atoms with Crippen molar-refractivity contribution in [2.45, 2.75) is 59.7 Å². The normalized spacial score (nSPS) is 11.5. The summed E-state index contributed by atoms with van der Waals surface area (Å²) in [6, 6.07) is 25.4. The number of aryl methyl sites for hydroxylation is 6. The molecule has 0 aliphatic carbocycles. The molecular weight excluding hydrogens is 564 g/mol. The van der Waals surface area contributed by atoms with Crippen LogP contribution in [0.5, 0.6) is 0 Å². The van der Waals surface area contributed by atoms with Gasteiger partial charge in [0.05, 0.1) is 0 Å². The van der Waals surface area contributed by atoms with Crippen LogP contribution < -0.4 is 0 Å². The van der Waals surface area contributed by atoms with Crippen molar-refractivity contribution in [2.24, 2.45) is 5.92 Å². The second-order valence-corrected chi connectivity index (χ2v) is 12.4. The Balaban J connectivity index is 1.20. The molecular formula is C40H46N6. The zero-order chi connectivity index (χ0) is 32.2. The predicted molar refractivity (Wildman–Crippen MR) is 189 cm³/mol. The van der Waals surface area contributed by atoms with Gasteiger partial charge in [-0.1, -0.05) is 36.4 Å². The fraction of sp³-hybridized carbons (Fsp3) is 0.250. The third-order valence-corrected chi connectivity index (χ3v) is 9.48. The second kappa shape index (κ2) is 13.5. The minimum absolute atomic E-state index is 0.496. The summed E-state index contributed by atoms with van der Waals surface area (Å²) in [5, 5.41) is 0. The maximum absolute atomic E-state index is 4.46.